The lowest BCUT2D eigenvalue weighted by atomic mass is 10.0. The van der Waals surface area contributed by atoms with Crippen LogP contribution in [0.1, 0.15) is 23.1 Å². The summed E-state index contributed by atoms with van der Waals surface area (Å²) in [6.07, 6.45) is 1.75. The number of sulfonamides is 1. The Morgan fingerprint density at radius 2 is 1.69 bits per heavy atom. The molecule has 0 aromatic heterocycles. The van der Waals surface area contributed by atoms with Crippen LogP contribution in [0.4, 0.5) is 11.4 Å². The summed E-state index contributed by atoms with van der Waals surface area (Å²) in [4.78, 5) is 14.9. The van der Waals surface area contributed by atoms with Crippen LogP contribution in [-0.2, 0) is 34.2 Å². The fourth-order valence-corrected chi connectivity index (χ4v) is 5.79. The van der Waals surface area contributed by atoms with Crippen molar-refractivity contribution in [3.8, 4) is 5.75 Å². The number of aryl methyl sites for hydroxylation is 1. The zero-order valence-electron chi connectivity index (χ0n) is 20.3. The van der Waals surface area contributed by atoms with Crippen molar-refractivity contribution in [2.75, 3.05) is 37.4 Å². The van der Waals surface area contributed by atoms with Crippen LogP contribution in [0.15, 0.2) is 71.6 Å². The molecule has 0 radical (unpaired) electrons. The highest BCUT2D eigenvalue weighted by Gasteiger charge is 2.29. The number of ether oxygens (including phenoxy) is 1. The summed E-state index contributed by atoms with van der Waals surface area (Å²) < 4.78 is 33.7. The Kier molecular flexibility index (Phi) is 7.42. The molecule has 0 spiro atoms. The van der Waals surface area contributed by atoms with E-state index in [9.17, 15) is 13.2 Å². The molecule has 1 aliphatic rings. The molecule has 0 fully saturated rings. The molecule has 0 atom stereocenters. The van der Waals surface area contributed by atoms with Crippen molar-refractivity contribution in [1.82, 2.24) is 4.90 Å². The average molecular weight is 494 g/mol. The normalized spacial score (nSPS) is 13.4. The quantitative estimate of drug-likeness (QED) is 0.512. The Hall–Kier alpha value is -3.36. The third-order valence-corrected chi connectivity index (χ3v) is 7.81. The lowest BCUT2D eigenvalue weighted by Crippen LogP contribution is -2.35. The highest BCUT2D eigenvalue weighted by atomic mass is 32.2. The van der Waals surface area contributed by atoms with Crippen LogP contribution >= 0.6 is 0 Å². The topological polar surface area (TPSA) is 79.0 Å². The van der Waals surface area contributed by atoms with E-state index in [1.165, 1.54) is 4.31 Å². The lowest BCUT2D eigenvalue weighted by molar-refractivity contribution is -0.115. The molecule has 0 bridgehead atoms. The summed E-state index contributed by atoms with van der Waals surface area (Å²) in [6, 6.07) is 19.9. The number of hydrogen-bond acceptors (Lipinski definition) is 5. The van der Waals surface area contributed by atoms with E-state index < -0.39 is 10.0 Å². The molecule has 0 saturated heterocycles. The molecular formula is C27H31N3O4S. The zero-order chi connectivity index (χ0) is 25.0. The summed E-state index contributed by atoms with van der Waals surface area (Å²) >= 11 is 0. The minimum atomic E-state index is -3.73. The van der Waals surface area contributed by atoms with Gasteiger partial charge in [0.05, 0.1) is 24.1 Å². The van der Waals surface area contributed by atoms with Crippen molar-refractivity contribution in [2.45, 2.75) is 30.7 Å². The average Bonchev–Trinajstić information content (AvgIpc) is 2.84. The van der Waals surface area contributed by atoms with Gasteiger partial charge in [0.2, 0.25) is 5.91 Å². The Bertz CT molecular complexity index is 1290. The van der Waals surface area contributed by atoms with E-state index in [2.05, 4.69) is 5.32 Å². The molecule has 1 amide bonds. The predicted molar refractivity (Wildman–Crippen MR) is 138 cm³/mol. The van der Waals surface area contributed by atoms with Gasteiger partial charge in [0, 0.05) is 18.8 Å². The van der Waals surface area contributed by atoms with Crippen molar-refractivity contribution in [2.24, 2.45) is 0 Å². The van der Waals surface area contributed by atoms with E-state index >= 15 is 0 Å². The number of hydrogen-bond donors (Lipinski definition) is 1. The van der Waals surface area contributed by atoms with Gasteiger partial charge < -0.3 is 15.0 Å². The number of benzene rings is 3. The first-order valence-electron chi connectivity index (χ1n) is 11.6. The highest BCUT2D eigenvalue weighted by molar-refractivity contribution is 7.92. The van der Waals surface area contributed by atoms with Gasteiger partial charge in [-0.3, -0.25) is 9.10 Å². The van der Waals surface area contributed by atoms with Crippen molar-refractivity contribution >= 4 is 27.3 Å². The van der Waals surface area contributed by atoms with Crippen molar-refractivity contribution < 1.29 is 17.9 Å². The van der Waals surface area contributed by atoms with Crippen LogP contribution in [-0.4, -0.2) is 47.0 Å². The molecule has 1 aliphatic heterocycles. The van der Waals surface area contributed by atoms with Crippen LogP contribution in [0.3, 0.4) is 0 Å². The molecule has 0 aliphatic carbocycles. The zero-order valence-corrected chi connectivity index (χ0v) is 21.1. The van der Waals surface area contributed by atoms with Gasteiger partial charge in [0.1, 0.15) is 5.75 Å². The minimum absolute atomic E-state index is 0.170. The van der Waals surface area contributed by atoms with Crippen LogP contribution in [0.5, 0.6) is 5.75 Å². The number of rotatable bonds is 8. The van der Waals surface area contributed by atoms with Crippen molar-refractivity contribution in [3.05, 3.63) is 83.4 Å². The molecule has 7 nitrogen and oxygen atoms in total. The van der Waals surface area contributed by atoms with Crippen LogP contribution in [0.25, 0.3) is 0 Å². The number of carbonyl (C=O) groups is 1. The van der Waals surface area contributed by atoms with Gasteiger partial charge in [-0.25, -0.2) is 8.42 Å². The summed E-state index contributed by atoms with van der Waals surface area (Å²) in [5.74, 6) is 0.564. The van der Waals surface area contributed by atoms with Crippen molar-refractivity contribution in [3.63, 3.8) is 0 Å². The maximum atomic E-state index is 13.5. The number of anilines is 2. The number of amides is 1. The first-order valence-corrected chi connectivity index (χ1v) is 13.0. The molecule has 4 rings (SSSR count). The van der Waals surface area contributed by atoms with E-state index in [1.807, 2.05) is 67.5 Å². The van der Waals surface area contributed by atoms with Gasteiger partial charge in [0.25, 0.3) is 10.0 Å². The summed E-state index contributed by atoms with van der Waals surface area (Å²) in [5.41, 5.74) is 4.07. The van der Waals surface area contributed by atoms with Gasteiger partial charge in [-0.1, -0.05) is 30.3 Å². The van der Waals surface area contributed by atoms with E-state index in [0.717, 1.165) is 41.8 Å². The maximum absolute atomic E-state index is 13.5. The molecule has 8 heteroatoms. The largest absolute Gasteiger partial charge is 0.497 e. The summed E-state index contributed by atoms with van der Waals surface area (Å²) in [7, 11) is 1.82. The van der Waals surface area contributed by atoms with E-state index in [4.69, 9.17) is 4.74 Å². The van der Waals surface area contributed by atoms with Gasteiger partial charge in [-0.2, -0.15) is 0 Å². The monoisotopic (exact) mass is 493 g/mol. The predicted octanol–water partition coefficient (Wildman–Crippen LogP) is 4.08. The Morgan fingerprint density at radius 1 is 1.00 bits per heavy atom. The third kappa shape index (κ3) is 5.83. The molecule has 3 aromatic carbocycles. The van der Waals surface area contributed by atoms with Crippen LogP contribution in [0.2, 0.25) is 0 Å². The first kappa shape index (κ1) is 24.8. The fraction of sp³-hybridized carbons (Fsp3) is 0.296. The van der Waals surface area contributed by atoms with Gasteiger partial charge in [0.15, 0.2) is 0 Å². The fourth-order valence-electron chi connectivity index (χ4n) is 4.26. The number of carbonyl (C=O) groups excluding carboxylic acids is 1. The number of nitrogens with zero attached hydrogens (tertiary/aromatic N) is 2. The van der Waals surface area contributed by atoms with Crippen LogP contribution in [0, 0.1) is 0 Å². The summed E-state index contributed by atoms with van der Waals surface area (Å²) in [6.45, 7) is 1.14. The maximum Gasteiger partial charge on any atom is 0.264 e. The molecule has 3 aromatic rings. The van der Waals surface area contributed by atoms with Crippen molar-refractivity contribution in [1.29, 1.82) is 0 Å². The molecular weight excluding hydrogens is 462 g/mol. The Morgan fingerprint density at radius 3 is 2.34 bits per heavy atom. The molecule has 35 heavy (non-hydrogen) atoms. The van der Waals surface area contributed by atoms with E-state index in [0.29, 0.717) is 17.9 Å². The molecule has 0 unspecified atom stereocenters. The smallest absolute Gasteiger partial charge is 0.264 e. The number of methoxy groups -OCH3 is 1. The van der Waals surface area contributed by atoms with Crippen LogP contribution < -0.4 is 14.4 Å². The SMILES string of the molecule is COc1ccc(CC(=O)Nc2ccc3c(c2)N(S(=O)(=O)c2ccc(CN(C)C)cc2)CCC3)cc1. The Balaban J connectivity index is 1.53. The minimum Gasteiger partial charge on any atom is -0.497 e. The first-order chi connectivity index (χ1) is 16.8. The molecule has 1 N–H and O–H groups in total. The number of fused-ring (bicyclic) bond motifs is 1. The van der Waals surface area contributed by atoms with Gasteiger partial charge in [-0.15, -0.1) is 0 Å². The second-order valence-corrected chi connectivity index (χ2v) is 10.8. The second-order valence-electron chi connectivity index (χ2n) is 8.98. The standard InChI is InChI=1S/C27H31N3O4S/c1-29(2)19-21-8-14-25(15-9-21)35(32,33)30-16-4-5-22-10-11-23(18-26(22)30)28-27(31)17-20-6-12-24(34-3)13-7-20/h6-15,18H,4-5,16-17,19H2,1-3H3,(H,28,31). The lowest BCUT2D eigenvalue weighted by Gasteiger charge is -2.31. The molecule has 184 valence electrons. The molecule has 0 saturated carbocycles. The van der Waals surface area contributed by atoms with E-state index in [-0.39, 0.29) is 17.2 Å². The number of nitrogens with one attached hydrogen (secondary N) is 1. The molecule has 1 heterocycles. The Labute approximate surface area is 207 Å². The van der Waals surface area contributed by atoms with Gasteiger partial charge >= 0.3 is 0 Å². The van der Waals surface area contributed by atoms with E-state index in [1.54, 1.807) is 25.3 Å². The third-order valence-electron chi connectivity index (χ3n) is 5.98. The summed E-state index contributed by atoms with van der Waals surface area (Å²) in [5, 5.41) is 2.91. The van der Waals surface area contributed by atoms with Gasteiger partial charge in [-0.05, 0) is 80.0 Å². The second kappa shape index (κ2) is 10.5. The highest BCUT2D eigenvalue weighted by Crippen LogP contribution is 2.34.